The number of halogens is 3. The Kier molecular flexibility index (Phi) is 6.20. The van der Waals surface area contributed by atoms with Gasteiger partial charge >= 0.3 is 5.51 Å². The van der Waals surface area contributed by atoms with Crippen molar-refractivity contribution in [3.05, 3.63) is 60.2 Å². The first kappa shape index (κ1) is 21.2. The number of hydrogen-bond acceptors (Lipinski definition) is 4. The van der Waals surface area contributed by atoms with Gasteiger partial charge in [0.25, 0.3) is 0 Å². The van der Waals surface area contributed by atoms with E-state index < -0.39 is 20.1 Å². The van der Waals surface area contributed by atoms with E-state index in [0.29, 0.717) is 18.8 Å². The van der Waals surface area contributed by atoms with Crippen LogP contribution >= 0.6 is 0 Å². The number of alkyl halides is 3. The molecule has 1 N–H and O–H groups in total. The molecule has 1 aliphatic heterocycles. The van der Waals surface area contributed by atoms with Gasteiger partial charge in [-0.05, 0) is 36.8 Å². The van der Waals surface area contributed by atoms with Gasteiger partial charge in [-0.2, -0.15) is 13.2 Å². The van der Waals surface area contributed by atoms with Crippen molar-refractivity contribution in [1.29, 1.82) is 4.78 Å². The highest BCUT2D eigenvalue weighted by molar-refractivity contribution is 7.93. The van der Waals surface area contributed by atoms with Crippen LogP contribution in [0.5, 0.6) is 0 Å². The van der Waals surface area contributed by atoms with E-state index in [1.807, 2.05) is 23.1 Å². The summed E-state index contributed by atoms with van der Waals surface area (Å²) in [5.74, 6) is 6.11. The Labute approximate surface area is 169 Å². The number of nitrogens with zero attached hydrogens (tertiary/aromatic N) is 2. The molecule has 2 aromatic carbocycles. The molecular formula is C21H22F3N3OS. The summed E-state index contributed by atoms with van der Waals surface area (Å²) in [5, 5.41) is 0. The topological polar surface area (TPSA) is 47.4 Å². The summed E-state index contributed by atoms with van der Waals surface area (Å²) >= 11 is 0. The molecule has 0 saturated carbocycles. The molecule has 2 aromatic rings. The van der Waals surface area contributed by atoms with E-state index in [1.165, 1.54) is 17.7 Å². The molecule has 154 valence electrons. The van der Waals surface area contributed by atoms with Crippen LogP contribution < -0.4 is 4.90 Å². The predicted octanol–water partition coefficient (Wildman–Crippen LogP) is 4.33. The molecule has 0 amide bonds. The summed E-state index contributed by atoms with van der Waals surface area (Å²) in [7, 11) is -4.85. The quantitative estimate of drug-likeness (QED) is 0.748. The second-order valence-electron chi connectivity index (χ2n) is 6.82. The van der Waals surface area contributed by atoms with E-state index in [2.05, 4.69) is 28.9 Å². The first-order chi connectivity index (χ1) is 13.7. The van der Waals surface area contributed by atoms with Gasteiger partial charge in [0.05, 0.1) is 4.90 Å². The van der Waals surface area contributed by atoms with Gasteiger partial charge in [-0.3, -0.25) is 4.90 Å². The molecule has 1 heterocycles. The standard InChI is InChI=1S/C21H22F3N3OS/c1-2-6-19-16-26(15-17-7-4-3-5-8-17)13-14-27(19)18-9-11-20(12-10-18)29(25,28)21(22,23)24/h3-5,7-12,19,25H,13-16H2,1H3/t19-,29?/m0/s1. The number of benzene rings is 2. The van der Waals surface area contributed by atoms with E-state index in [1.54, 1.807) is 6.92 Å². The Hall–Kier alpha value is -2.50. The third kappa shape index (κ3) is 4.74. The Morgan fingerprint density at radius 1 is 1.10 bits per heavy atom. The third-order valence-corrected chi connectivity index (χ3v) is 6.44. The summed E-state index contributed by atoms with van der Waals surface area (Å²) in [4.78, 5) is 3.81. The molecule has 0 radical (unpaired) electrons. The third-order valence-electron chi connectivity index (χ3n) is 4.85. The minimum Gasteiger partial charge on any atom is -0.355 e. The smallest absolute Gasteiger partial charge is 0.355 e. The molecule has 0 spiro atoms. The lowest BCUT2D eigenvalue weighted by atomic mass is 10.1. The minimum atomic E-state index is -5.09. The fourth-order valence-electron chi connectivity index (χ4n) is 3.39. The van der Waals surface area contributed by atoms with Crippen LogP contribution in [0.25, 0.3) is 0 Å². The zero-order valence-corrected chi connectivity index (χ0v) is 16.8. The van der Waals surface area contributed by atoms with Gasteiger partial charge in [0.2, 0.25) is 0 Å². The van der Waals surface area contributed by atoms with E-state index >= 15 is 0 Å². The molecule has 1 unspecified atom stereocenters. The Balaban J connectivity index is 1.77. The van der Waals surface area contributed by atoms with Crippen LogP contribution in [0.2, 0.25) is 0 Å². The molecule has 2 atom stereocenters. The van der Waals surface area contributed by atoms with Crippen LogP contribution in [-0.2, 0) is 16.3 Å². The monoisotopic (exact) mass is 421 g/mol. The van der Waals surface area contributed by atoms with Crippen molar-refractivity contribution in [3.8, 4) is 11.8 Å². The molecule has 0 aromatic heterocycles. The van der Waals surface area contributed by atoms with Crippen molar-refractivity contribution in [2.45, 2.75) is 29.9 Å². The van der Waals surface area contributed by atoms with E-state index in [9.17, 15) is 17.4 Å². The second-order valence-corrected chi connectivity index (χ2v) is 8.87. The van der Waals surface area contributed by atoms with Crippen LogP contribution in [0.3, 0.4) is 0 Å². The van der Waals surface area contributed by atoms with Crippen molar-refractivity contribution in [2.75, 3.05) is 24.5 Å². The van der Waals surface area contributed by atoms with Crippen molar-refractivity contribution < 1.29 is 17.4 Å². The molecule has 0 bridgehead atoms. The Morgan fingerprint density at radius 2 is 1.76 bits per heavy atom. The summed E-state index contributed by atoms with van der Waals surface area (Å²) in [5.41, 5.74) is -3.17. The maximum atomic E-state index is 12.9. The van der Waals surface area contributed by atoms with Gasteiger partial charge in [-0.15, -0.1) is 5.92 Å². The van der Waals surface area contributed by atoms with Crippen LogP contribution in [0.15, 0.2) is 59.5 Å². The number of nitrogens with one attached hydrogen (secondary N) is 1. The maximum Gasteiger partial charge on any atom is 0.483 e. The molecular weight excluding hydrogens is 399 g/mol. The zero-order chi connectivity index (χ0) is 21.1. The van der Waals surface area contributed by atoms with Crippen LogP contribution in [0, 0.1) is 16.6 Å². The summed E-state index contributed by atoms with van der Waals surface area (Å²) in [6.07, 6.45) is 0. The zero-order valence-electron chi connectivity index (χ0n) is 15.9. The van der Waals surface area contributed by atoms with Crippen molar-refractivity contribution >= 4 is 15.4 Å². The van der Waals surface area contributed by atoms with Crippen LogP contribution in [0.1, 0.15) is 12.5 Å². The van der Waals surface area contributed by atoms with Gasteiger partial charge in [0.15, 0.2) is 9.73 Å². The highest BCUT2D eigenvalue weighted by atomic mass is 32.2. The molecule has 1 fully saturated rings. The summed E-state index contributed by atoms with van der Waals surface area (Å²) in [6, 6.07) is 15.3. The average molecular weight is 421 g/mol. The van der Waals surface area contributed by atoms with Gasteiger partial charge in [0, 0.05) is 31.9 Å². The van der Waals surface area contributed by atoms with Crippen LogP contribution in [0.4, 0.5) is 18.9 Å². The SMILES string of the molecule is CC#C[C@H]1CN(Cc2ccccc2)CCN1c1ccc(S(=N)(=O)C(F)(F)F)cc1. The van der Waals surface area contributed by atoms with E-state index in [0.717, 1.165) is 25.2 Å². The Bertz CT molecular complexity index is 993. The van der Waals surface area contributed by atoms with Gasteiger partial charge in [-0.1, -0.05) is 36.3 Å². The van der Waals surface area contributed by atoms with E-state index in [4.69, 9.17) is 4.78 Å². The number of anilines is 1. The molecule has 3 rings (SSSR count). The van der Waals surface area contributed by atoms with Gasteiger partial charge in [-0.25, -0.2) is 8.99 Å². The molecule has 1 aliphatic rings. The van der Waals surface area contributed by atoms with Crippen molar-refractivity contribution in [2.24, 2.45) is 0 Å². The van der Waals surface area contributed by atoms with Crippen molar-refractivity contribution in [3.63, 3.8) is 0 Å². The minimum absolute atomic E-state index is 0.105. The highest BCUT2D eigenvalue weighted by Crippen LogP contribution is 2.32. The first-order valence-corrected chi connectivity index (χ1v) is 10.7. The predicted molar refractivity (Wildman–Crippen MR) is 108 cm³/mol. The normalized spacial score (nSPS) is 19.9. The molecule has 8 heteroatoms. The second kappa shape index (κ2) is 8.47. The van der Waals surface area contributed by atoms with Gasteiger partial charge < -0.3 is 4.90 Å². The van der Waals surface area contributed by atoms with Gasteiger partial charge in [0.1, 0.15) is 6.04 Å². The summed E-state index contributed by atoms with van der Waals surface area (Å²) < 4.78 is 57.6. The first-order valence-electron chi connectivity index (χ1n) is 9.13. The number of hydrogen-bond donors (Lipinski definition) is 1. The fraction of sp³-hybridized carbons (Fsp3) is 0.333. The molecule has 0 aliphatic carbocycles. The van der Waals surface area contributed by atoms with Crippen LogP contribution in [-0.4, -0.2) is 40.3 Å². The maximum absolute atomic E-state index is 12.9. The fourth-order valence-corrected chi connectivity index (χ4v) is 4.17. The lowest BCUT2D eigenvalue weighted by Crippen LogP contribution is -2.52. The summed E-state index contributed by atoms with van der Waals surface area (Å²) in [6.45, 7) is 4.73. The largest absolute Gasteiger partial charge is 0.483 e. The molecule has 4 nitrogen and oxygen atoms in total. The number of piperazine rings is 1. The Morgan fingerprint density at radius 3 is 2.34 bits per heavy atom. The molecule has 29 heavy (non-hydrogen) atoms. The highest BCUT2D eigenvalue weighted by Gasteiger charge is 2.43. The lowest BCUT2D eigenvalue weighted by molar-refractivity contribution is -0.0406. The van der Waals surface area contributed by atoms with E-state index in [-0.39, 0.29) is 6.04 Å². The molecule has 1 saturated heterocycles. The van der Waals surface area contributed by atoms with Crippen molar-refractivity contribution in [1.82, 2.24) is 4.90 Å². The average Bonchev–Trinajstić information content (AvgIpc) is 2.69. The lowest BCUT2D eigenvalue weighted by Gasteiger charge is -2.40. The number of rotatable bonds is 4.